The Kier molecular flexibility index (Phi) is 7.09. The highest BCUT2D eigenvalue weighted by molar-refractivity contribution is 6.34. The van der Waals surface area contributed by atoms with Gasteiger partial charge < -0.3 is 20.9 Å². The Bertz CT molecular complexity index is 1190. The molecule has 1 fully saturated rings. The molecule has 1 saturated heterocycles. The molecule has 176 valence electrons. The van der Waals surface area contributed by atoms with Crippen molar-refractivity contribution in [1.82, 2.24) is 10.3 Å². The van der Waals surface area contributed by atoms with Crippen LogP contribution in [-0.2, 0) is 0 Å². The van der Waals surface area contributed by atoms with Crippen LogP contribution < -0.4 is 20.9 Å². The molecule has 3 N–H and O–H groups in total. The number of carbonyl (C=O) groups excluding carboxylic acids is 2. The van der Waals surface area contributed by atoms with E-state index in [1.54, 1.807) is 30.5 Å². The number of amides is 2. The summed E-state index contributed by atoms with van der Waals surface area (Å²) in [6, 6.07) is 14.4. The highest BCUT2D eigenvalue weighted by Crippen LogP contribution is 2.27. The van der Waals surface area contributed by atoms with Gasteiger partial charge in [-0.05, 0) is 62.4 Å². The van der Waals surface area contributed by atoms with Gasteiger partial charge in [-0.25, -0.2) is 9.37 Å². The molecule has 1 aliphatic heterocycles. The van der Waals surface area contributed by atoms with Gasteiger partial charge in [0.05, 0.1) is 16.3 Å². The number of rotatable bonds is 5. The first-order valence-corrected chi connectivity index (χ1v) is 11.3. The van der Waals surface area contributed by atoms with Crippen LogP contribution in [0.4, 0.5) is 21.6 Å². The topological polar surface area (TPSA) is 86.4 Å². The van der Waals surface area contributed by atoms with Crippen LogP contribution in [0.2, 0.25) is 5.02 Å². The Balaban J connectivity index is 1.43. The summed E-state index contributed by atoms with van der Waals surface area (Å²) in [4.78, 5) is 31.9. The molecule has 2 aromatic carbocycles. The normalized spacial score (nSPS) is 17.8. The monoisotopic (exact) mass is 481 g/mol. The third-order valence-corrected chi connectivity index (χ3v) is 5.78. The van der Waals surface area contributed by atoms with Gasteiger partial charge in [-0.3, -0.25) is 9.59 Å². The van der Waals surface area contributed by atoms with Crippen LogP contribution in [0.1, 0.15) is 34.6 Å². The SMILES string of the molecule is CC1CN(c2ccc(C(=O)Nc3ccc(Cl)c(NC(=O)c4cccc(F)c4)c3)cn2)CC(C)N1. The molecule has 2 amide bonds. The number of pyridine rings is 1. The van der Waals surface area contributed by atoms with Gasteiger partial charge >= 0.3 is 0 Å². The van der Waals surface area contributed by atoms with Crippen molar-refractivity contribution >= 4 is 40.6 Å². The van der Waals surface area contributed by atoms with Crippen molar-refractivity contribution < 1.29 is 14.0 Å². The molecule has 7 nitrogen and oxygen atoms in total. The summed E-state index contributed by atoms with van der Waals surface area (Å²) < 4.78 is 13.4. The first-order chi connectivity index (χ1) is 16.3. The van der Waals surface area contributed by atoms with Gasteiger partial charge in [0.2, 0.25) is 0 Å². The molecule has 2 unspecified atom stereocenters. The third kappa shape index (κ3) is 5.70. The lowest BCUT2D eigenvalue weighted by atomic mass is 10.1. The maximum absolute atomic E-state index is 13.4. The van der Waals surface area contributed by atoms with Gasteiger partial charge in [-0.15, -0.1) is 0 Å². The Hall–Kier alpha value is -3.49. The number of benzene rings is 2. The minimum atomic E-state index is -0.514. The number of hydrogen-bond acceptors (Lipinski definition) is 5. The van der Waals surface area contributed by atoms with E-state index in [0.717, 1.165) is 25.0 Å². The molecule has 2 heterocycles. The Labute approximate surface area is 202 Å². The second kappa shape index (κ2) is 10.2. The zero-order chi connectivity index (χ0) is 24.2. The van der Waals surface area contributed by atoms with Crippen LogP contribution in [0.15, 0.2) is 60.8 Å². The number of hydrogen-bond donors (Lipinski definition) is 3. The lowest BCUT2D eigenvalue weighted by molar-refractivity contribution is 0.101. The molecule has 0 aliphatic carbocycles. The average Bonchev–Trinajstić information content (AvgIpc) is 2.80. The van der Waals surface area contributed by atoms with E-state index in [1.165, 1.54) is 18.2 Å². The van der Waals surface area contributed by atoms with E-state index in [0.29, 0.717) is 29.0 Å². The highest BCUT2D eigenvalue weighted by Gasteiger charge is 2.22. The van der Waals surface area contributed by atoms with Gasteiger partial charge in [0.1, 0.15) is 11.6 Å². The molecule has 0 bridgehead atoms. The lowest BCUT2D eigenvalue weighted by Gasteiger charge is -2.36. The minimum Gasteiger partial charge on any atom is -0.354 e. The van der Waals surface area contributed by atoms with Crippen LogP contribution in [0.25, 0.3) is 0 Å². The number of aromatic nitrogens is 1. The second-order valence-electron chi connectivity index (χ2n) is 8.39. The first kappa shape index (κ1) is 23.7. The standard InChI is InChI=1S/C25H25ClFN5O2/c1-15-13-32(14-16(2)29-15)23-9-6-18(12-28-23)25(34)30-20-7-8-21(26)22(11-20)31-24(33)17-4-3-5-19(27)10-17/h3-12,15-16,29H,13-14H2,1-2H3,(H,30,34)(H,31,33). The number of nitrogens with zero attached hydrogens (tertiary/aromatic N) is 2. The molecule has 9 heteroatoms. The van der Waals surface area contributed by atoms with E-state index in [2.05, 4.69) is 39.7 Å². The average molecular weight is 482 g/mol. The number of piperazine rings is 1. The number of halogens is 2. The first-order valence-electron chi connectivity index (χ1n) is 10.9. The van der Waals surface area contributed by atoms with Gasteiger partial charge in [-0.1, -0.05) is 17.7 Å². The van der Waals surface area contributed by atoms with E-state index in [-0.39, 0.29) is 16.5 Å². The zero-order valence-electron chi connectivity index (χ0n) is 18.8. The quantitative estimate of drug-likeness (QED) is 0.497. The summed E-state index contributed by atoms with van der Waals surface area (Å²) in [5.41, 5.74) is 1.30. The second-order valence-corrected chi connectivity index (χ2v) is 8.80. The van der Waals surface area contributed by atoms with E-state index in [4.69, 9.17) is 11.6 Å². The summed E-state index contributed by atoms with van der Waals surface area (Å²) in [5.74, 6) is -0.544. The number of anilines is 3. The predicted molar refractivity (Wildman–Crippen MR) is 132 cm³/mol. The van der Waals surface area contributed by atoms with Crippen LogP contribution in [0.5, 0.6) is 0 Å². The van der Waals surface area contributed by atoms with E-state index in [9.17, 15) is 14.0 Å². The Morgan fingerprint density at radius 1 is 1.00 bits per heavy atom. The fourth-order valence-corrected chi connectivity index (χ4v) is 4.11. The van der Waals surface area contributed by atoms with Gasteiger partial charge in [0, 0.05) is 42.6 Å². The van der Waals surface area contributed by atoms with Crippen LogP contribution in [0.3, 0.4) is 0 Å². The van der Waals surface area contributed by atoms with Crippen molar-refractivity contribution in [2.75, 3.05) is 28.6 Å². The molecule has 4 rings (SSSR count). The van der Waals surface area contributed by atoms with Gasteiger partial charge in [-0.2, -0.15) is 0 Å². The van der Waals surface area contributed by atoms with Crippen molar-refractivity contribution in [3.8, 4) is 0 Å². The van der Waals surface area contributed by atoms with E-state index >= 15 is 0 Å². The minimum absolute atomic E-state index is 0.157. The zero-order valence-corrected chi connectivity index (χ0v) is 19.6. The smallest absolute Gasteiger partial charge is 0.257 e. The van der Waals surface area contributed by atoms with Crippen molar-refractivity contribution in [1.29, 1.82) is 0 Å². The summed E-state index contributed by atoms with van der Waals surface area (Å²) >= 11 is 6.20. The molecule has 1 aliphatic rings. The van der Waals surface area contributed by atoms with Crippen molar-refractivity contribution in [3.63, 3.8) is 0 Å². The highest BCUT2D eigenvalue weighted by atomic mass is 35.5. The summed E-state index contributed by atoms with van der Waals surface area (Å²) in [6.07, 6.45) is 1.55. The van der Waals surface area contributed by atoms with E-state index in [1.807, 2.05) is 6.07 Å². The molecular weight excluding hydrogens is 457 g/mol. The molecule has 0 spiro atoms. The Morgan fingerprint density at radius 2 is 1.74 bits per heavy atom. The third-order valence-electron chi connectivity index (χ3n) is 5.45. The van der Waals surface area contributed by atoms with Crippen molar-refractivity contribution in [2.24, 2.45) is 0 Å². The van der Waals surface area contributed by atoms with Crippen LogP contribution in [-0.4, -0.2) is 42.0 Å². The molecule has 34 heavy (non-hydrogen) atoms. The molecule has 1 aromatic heterocycles. The molecule has 3 aromatic rings. The Morgan fingerprint density at radius 3 is 2.41 bits per heavy atom. The van der Waals surface area contributed by atoms with Crippen LogP contribution in [0, 0.1) is 5.82 Å². The fraction of sp³-hybridized carbons (Fsp3) is 0.240. The molecule has 2 atom stereocenters. The fourth-order valence-electron chi connectivity index (χ4n) is 3.95. The number of nitrogens with one attached hydrogen (secondary N) is 3. The van der Waals surface area contributed by atoms with E-state index < -0.39 is 11.7 Å². The van der Waals surface area contributed by atoms with Crippen molar-refractivity contribution in [2.45, 2.75) is 25.9 Å². The number of carbonyl (C=O) groups is 2. The van der Waals surface area contributed by atoms with Gasteiger partial charge in [0.15, 0.2) is 0 Å². The summed E-state index contributed by atoms with van der Waals surface area (Å²) in [7, 11) is 0. The molecule has 0 saturated carbocycles. The maximum Gasteiger partial charge on any atom is 0.257 e. The lowest BCUT2D eigenvalue weighted by Crippen LogP contribution is -2.54. The van der Waals surface area contributed by atoms with Gasteiger partial charge in [0.25, 0.3) is 11.8 Å². The molecular formula is C25H25ClFN5O2. The summed E-state index contributed by atoms with van der Waals surface area (Å²) in [5, 5.41) is 9.20. The summed E-state index contributed by atoms with van der Waals surface area (Å²) in [6.45, 7) is 5.95. The van der Waals surface area contributed by atoms with Crippen molar-refractivity contribution in [3.05, 3.63) is 82.8 Å². The largest absolute Gasteiger partial charge is 0.354 e. The van der Waals surface area contributed by atoms with Crippen LogP contribution >= 0.6 is 11.6 Å². The molecule has 0 radical (unpaired) electrons. The maximum atomic E-state index is 13.4. The predicted octanol–water partition coefficient (Wildman–Crippen LogP) is 4.57.